The molecule has 0 aliphatic heterocycles. The molecule has 0 fully saturated rings. The van der Waals surface area contributed by atoms with Crippen molar-refractivity contribution < 1.29 is 4.42 Å². The fourth-order valence-corrected chi connectivity index (χ4v) is 2.02. The first-order valence-electron chi connectivity index (χ1n) is 6.61. The van der Waals surface area contributed by atoms with E-state index in [1.54, 1.807) is 0 Å². The molecule has 0 aliphatic rings. The number of rotatable bonds is 5. The van der Waals surface area contributed by atoms with Crippen LogP contribution in [0.4, 0.5) is 0 Å². The molecule has 19 heavy (non-hydrogen) atoms. The summed E-state index contributed by atoms with van der Waals surface area (Å²) < 4.78 is 5.87. The normalized spacial score (nSPS) is 12.9. The Bertz CT molecular complexity index is 514. The summed E-state index contributed by atoms with van der Waals surface area (Å²) in [6.07, 6.45) is 0. The van der Waals surface area contributed by atoms with Crippen molar-refractivity contribution >= 4 is 0 Å². The predicted molar refractivity (Wildman–Crippen MR) is 79.0 cm³/mol. The molecule has 1 N–H and O–H groups in total. The minimum Gasteiger partial charge on any atom is -0.459 e. The molecule has 3 nitrogen and oxygen atoms in total. The van der Waals surface area contributed by atoms with Crippen molar-refractivity contribution in [2.24, 2.45) is 0 Å². The van der Waals surface area contributed by atoms with Gasteiger partial charge in [0.1, 0.15) is 11.5 Å². The Morgan fingerprint density at radius 1 is 1.11 bits per heavy atom. The highest BCUT2D eigenvalue weighted by Crippen LogP contribution is 2.25. The van der Waals surface area contributed by atoms with E-state index in [0.717, 1.165) is 23.6 Å². The van der Waals surface area contributed by atoms with Crippen molar-refractivity contribution in [1.82, 2.24) is 10.2 Å². The molecule has 0 saturated carbocycles. The number of hydrogen-bond acceptors (Lipinski definition) is 3. The van der Waals surface area contributed by atoms with Crippen LogP contribution in [0.5, 0.6) is 0 Å². The van der Waals surface area contributed by atoms with Crippen LogP contribution in [-0.2, 0) is 6.54 Å². The third kappa shape index (κ3) is 3.46. The predicted octanol–water partition coefficient (Wildman–Crippen LogP) is 3.29. The van der Waals surface area contributed by atoms with Crippen molar-refractivity contribution in [2.45, 2.75) is 19.5 Å². The van der Waals surface area contributed by atoms with Crippen LogP contribution >= 0.6 is 0 Å². The lowest BCUT2D eigenvalue weighted by molar-refractivity contribution is 0.402. The largest absolute Gasteiger partial charge is 0.459 e. The molecule has 0 radical (unpaired) electrons. The molecule has 102 valence electrons. The molecule has 0 spiro atoms. The van der Waals surface area contributed by atoms with Crippen LogP contribution in [0.2, 0.25) is 0 Å². The van der Waals surface area contributed by atoms with E-state index in [1.165, 1.54) is 5.56 Å². The third-order valence-corrected chi connectivity index (χ3v) is 3.22. The fourth-order valence-electron chi connectivity index (χ4n) is 2.02. The molecule has 3 heteroatoms. The second-order valence-electron chi connectivity index (χ2n) is 5.15. The van der Waals surface area contributed by atoms with Gasteiger partial charge < -0.3 is 14.6 Å². The summed E-state index contributed by atoms with van der Waals surface area (Å²) in [5.41, 5.74) is 2.43. The third-order valence-electron chi connectivity index (χ3n) is 3.22. The van der Waals surface area contributed by atoms with E-state index in [1.807, 2.05) is 19.2 Å². The molecule has 1 atom stereocenters. The van der Waals surface area contributed by atoms with Crippen molar-refractivity contribution in [3.05, 3.63) is 47.7 Å². The Balaban J connectivity index is 2.15. The molecule has 2 aromatic rings. The zero-order chi connectivity index (χ0) is 13.8. The molecule has 1 aromatic heterocycles. The highest BCUT2D eigenvalue weighted by atomic mass is 16.3. The Morgan fingerprint density at radius 3 is 2.37 bits per heavy atom. The fraction of sp³-hybridized carbons (Fsp3) is 0.375. The molecule has 1 unspecified atom stereocenters. The molecule has 0 saturated heterocycles. The van der Waals surface area contributed by atoms with Crippen molar-refractivity contribution in [3.63, 3.8) is 0 Å². The van der Waals surface area contributed by atoms with Crippen LogP contribution in [0.15, 0.2) is 40.8 Å². The number of benzene rings is 1. The molecule has 0 aliphatic carbocycles. The van der Waals surface area contributed by atoms with E-state index in [9.17, 15) is 0 Å². The van der Waals surface area contributed by atoms with Crippen LogP contribution in [0, 0.1) is 0 Å². The molecule has 2 rings (SSSR count). The van der Waals surface area contributed by atoms with Gasteiger partial charge >= 0.3 is 0 Å². The quantitative estimate of drug-likeness (QED) is 0.892. The first-order chi connectivity index (χ1) is 9.10. The zero-order valence-corrected chi connectivity index (χ0v) is 12.1. The Morgan fingerprint density at radius 2 is 1.79 bits per heavy atom. The molecular formula is C16H22N2O. The van der Waals surface area contributed by atoms with E-state index in [2.05, 4.69) is 55.5 Å². The topological polar surface area (TPSA) is 28.4 Å². The average molecular weight is 258 g/mol. The minimum absolute atomic E-state index is 0.238. The lowest BCUT2D eigenvalue weighted by Gasteiger charge is -2.09. The molecular weight excluding hydrogens is 236 g/mol. The lowest BCUT2D eigenvalue weighted by atomic mass is 10.1. The van der Waals surface area contributed by atoms with Gasteiger partial charge in [-0.25, -0.2) is 0 Å². The maximum atomic E-state index is 5.87. The van der Waals surface area contributed by atoms with E-state index in [4.69, 9.17) is 4.42 Å². The highest BCUT2D eigenvalue weighted by Gasteiger charge is 2.09. The maximum absolute atomic E-state index is 5.87. The lowest BCUT2D eigenvalue weighted by Crippen LogP contribution is -2.11. The molecule has 0 bridgehead atoms. The van der Waals surface area contributed by atoms with Crippen LogP contribution in [0.1, 0.15) is 24.3 Å². The summed E-state index contributed by atoms with van der Waals surface area (Å²) in [6, 6.07) is 12.8. The SMILES string of the molecule is CNC(C)c1ccc(-c2ccc(CN(C)C)cc2)o1. The van der Waals surface area contributed by atoms with Gasteiger partial charge in [-0.05, 0) is 45.8 Å². The Labute approximate surface area is 115 Å². The Hall–Kier alpha value is -1.58. The van der Waals surface area contributed by atoms with Gasteiger partial charge in [-0.3, -0.25) is 0 Å². The second-order valence-corrected chi connectivity index (χ2v) is 5.15. The highest BCUT2D eigenvalue weighted by molar-refractivity contribution is 5.58. The van der Waals surface area contributed by atoms with Gasteiger partial charge in [0.15, 0.2) is 0 Å². The van der Waals surface area contributed by atoms with Crippen molar-refractivity contribution in [3.8, 4) is 11.3 Å². The van der Waals surface area contributed by atoms with Crippen molar-refractivity contribution in [1.29, 1.82) is 0 Å². The summed E-state index contributed by atoms with van der Waals surface area (Å²) >= 11 is 0. The van der Waals surface area contributed by atoms with Crippen LogP contribution in [0.25, 0.3) is 11.3 Å². The van der Waals surface area contributed by atoms with E-state index >= 15 is 0 Å². The number of nitrogens with zero attached hydrogens (tertiary/aromatic N) is 1. The standard InChI is InChI=1S/C16H22N2O/c1-12(17-2)15-9-10-16(19-15)14-7-5-13(6-8-14)11-18(3)4/h5-10,12,17H,11H2,1-4H3. The van der Waals surface area contributed by atoms with Gasteiger partial charge in [-0.1, -0.05) is 24.3 Å². The summed E-state index contributed by atoms with van der Waals surface area (Å²) in [5.74, 6) is 1.89. The van der Waals surface area contributed by atoms with Crippen molar-refractivity contribution in [2.75, 3.05) is 21.1 Å². The number of furan rings is 1. The Kier molecular flexibility index (Phi) is 4.40. The molecule has 1 aromatic carbocycles. The van der Waals surface area contributed by atoms with E-state index < -0.39 is 0 Å². The maximum Gasteiger partial charge on any atom is 0.134 e. The van der Waals surface area contributed by atoms with Crippen LogP contribution < -0.4 is 5.32 Å². The van der Waals surface area contributed by atoms with E-state index in [-0.39, 0.29) is 6.04 Å². The number of nitrogens with one attached hydrogen (secondary N) is 1. The first-order valence-corrected chi connectivity index (χ1v) is 6.61. The summed E-state index contributed by atoms with van der Waals surface area (Å²) in [7, 11) is 6.08. The first kappa shape index (κ1) is 13.8. The van der Waals surface area contributed by atoms with Gasteiger partial charge in [0.2, 0.25) is 0 Å². The van der Waals surface area contributed by atoms with Gasteiger partial charge in [0.05, 0.1) is 6.04 Å². The summed E-state index contributed by atoms with van der Waals surface area (Å²) in [5, 5.41) is 3.18. The van der Waals surface area contributed by atoms with E-state index in [0.29, 0.717) is 0 Å². The smallest absolute Gasteiger partial charge is 0.134 e. The number of hydrogen-bond donors (Lipinski definition) is 1. The molecule has 0 amide bonds. The summed E-state index contributed by atoms with van der Waals surface area (Å²) in [4.78, 5) is 2.16. The zero-order valence-electron chi connectivity index (χ0n) is 12.1. The van der Waals surface area contributed by atoms with Gasteiger partial charge in [-0.15, -0.1) is 0 Å². The van der Waals surface area contributed by atoms with Crippen LogP contribution in [0.3, 0.4) is 0 Å². The summed E-state index contributed by atoms with van der Waals surface area (Å²) in [6.45, 7) is 3.04. The van der Waals surface area contributed by atoms with Gasteiger partial charge in [-0.2, -0.15) is 0 Å². The monoisotopic (exact) mass is 258 g/mol. The van der Waals surface area contributed by atoms with Gasteiger partial charge in [0.25, 0.3) is 0 Å². The minimum atomic E-state index is 0.238. The van der Waals surface area contributed by atoms with Crippen LogP contribution in [-0.4, -0.2) is 26.0 Å². The van der Waals surface area contributed by atoms with Gasteiger partial charge in [0, 0.05) is 12.1 Å². The molecule has 1 heterocycles. The average Bonchev–Trinajstić information content (AvgIpc) is 2.87. The second kappa shape index (κ2) is 6.04.